The molecular formula is C34H23N3OS. The summed E-state index contributed by atoms with van der Waals surface area (Å²) in [4.78, 5) is 11.6. The molecule has 0 N–H and O–H groups in total. The van der Waals surface area contributed by atoms with E-state index in [1.54, 1.807) is 0 Å². The minimum atomic E-state index is 0.592. The van der Waals surface area contributed by atoms with Crippen molar-refractivity contribution in [2.24, 2.45) is 0 Å². The quantitative estimate of drug-likeness (QED) is 0.232. The molecule has 0 saturated heterocycles. The number of fused-ring (bicyclic) bond motifs is 5. The van der Waals surface area contributed by atoms with Crippen LogP contribution in [0.15, 0.2) is 108 Å². The first kappa shape index (κ1) is 22.3. The predicted molar refractivity (Wildman–Crippen MR) is 162 cm³/mol. The highest BCUT2D eigenvalue weighted by Crippen LogP contribution is 2.44. The van der Waals surface area contributed by atoms with Crippen molar-refractivity contribution in [1.82, 2.24) is 14.5 Å². The Labute approximate surface area is 228 Å². The Bertz CT molecular complexity index is 2200. The molecule has 0 bridgehead atoms. The van der Waals surface area contributed by atoms with Crippen molar-refractivity contribution in [3.8, 4) is 27.8 Å². The molecular weight excluding hydrogens is 498 g/mol. The molecule has 4 heterocycles. The van der Waals surface area contributed by atoms with Crippen LogP contribution in [0.2, 0.25) is 0 Å². The van der Waals surface area contributed by atoms with Crippen LogP contribution in [-0.4, -0.2) is 14.5 Å². The summed E-state index contributed by atoms with van der Waals surface area (Å²) in [5.74, 6) is 0.608. The third-order valence-corrected chi connectivity index (χ3v) is 8.94. The Hall–Kier alpha value is -4.74. The van der Waals surface area contributed by atoms with E-state index in [-0.39, 0.29) is 0 Å². The van der Waals surface area contributed by atoms with E-state index in [1.165, 1.54) is 31.5 Å². The van der Waals surface area contributed by atoms with Crippen LogP contribution >= 0.6 is 11.3 Å². The van der Waals surface area contributed by atoms with Crippen LogP contribution in [0.4, 0.5) is 0 Å². The molecule has 8 rings (SSSR count). The SMILES string of the molecule is Cc1c(-c2c(C)c3ccccc3n2-c2nc(-c3ccccc3)c3c(n2)oc2ccccc23)sc2ccccc12. The summed E-state index contributed by atoms with van der Waals surface area (Å²) in [6.45, 7) is 4.42. The van der Waals surface area contributed by atoms with E-state index in [0.717, 1.165) is 38.8 Å². The van der Waals surface area contributed by atoms with Gasteiger partial charge in [-0.15, -0.1) is 11.3 Å². The van der Waals surface area contributed by atoms with Crippen molar-refractivity contribution in [3.05, 3.63) is 114 Å². The summed E-state index contributed by atoms with van der Waals surface area (Å²) in [5.41, 5.74) is 8.01. The van der Waals surface area contributed by atoms with E-state index >= 15 is 0 Å². The lowest BCUT2D eigenvalue weighted by Crippen LogP contribution is -2.04. The third-order valence-electron chi connectivity index (χ3n) is 7.66. The van der Waals surface area contributed by atoms with Gasteiger partial charge in [0.25, 0.3) is 0 Å². The Morgan fingerprint density at radius 3 is 2.18 bits per heavy atom. The number of aromatic nitrogens is 3. The second kappa shape index (κ2) is 8.38. The van der Waals surface area contributed by atoms with Gasteiger partial charge in [0.05, 0.1) is 27.2 Å². The van der Waals surface area contributed by atoms with Crippen molar-refractivity contribution >= 4 is 54.4 Å². The minimum absolute atomic E-state index is 0.592. The molecule has 0 radical (unpaired) electrons. The van der Waals surface area contributed by atoms with Gasteiger partial charge in [-0.2, -0.15) is 4.98 Å². The topological polar surface area (TPSA) is 43.9 Å². The summed E-state index contributed by atoms with van der Waals surface area (Å²) in [5, 5.41) is 4.44. The second-order valence-corrected chi connectivity index (χ2v) is 10.9. The van der Waals surface area contributed by atoms with Crippen LogP contribution in [0.1, 0.15) is 11.1 Å². The van der Waals surface area contributed by atoms with Gasteiger partial charge in [0.2, 0.25) is 11.7 Å². The van der Waals surface area contributed by atoms with E-state index in [4.69, 9.17) is 14.4 Å². The molecule has 0 aliphatic heterocycles. The van der Waals surface area contributed by atoms with Gasteiger partial charge in [-0.1, -0.05) is 84.9 Å². The van der Waals surface area contributed by atoms with Crippen LogP contribution in [0, 0.1) is 13.8 Å². The van der Waals surface area contributed by atoms with Gasteiger partial charge in [0.1, 0.15) is 5.58 Å². The van der Waals surface area contributed by atoms with E-state index in [1.807, 2.05) is 47.7 Å². The van der Waals surface area contributed by atoms with E-state index < -0.39 is 0 Å². The highest BCUT2D eigenvalue weighted by molar-refractivity contribution is 7.22. The summed E-state index contributed by atoms with van der Waals surface area (Å²) in [6.07, 6.45) is 0. The number of furan rings is 1. The molecule has 0 atom stereocenters. The fraction of sp³-hybridized carbons (Fsp3) is 0.0588. The van der Waals surface area contributed by atoms with E-state index in [2.05, 4.69) is 85.1 Å². The maximum atomic E-state index is 6.35. The van der Waals surface area contributed by atoms with Gasteiger partial charge >= 0.3 is 0 Å². The minimum Gasteiger partial charge on any atom is -0.437 e. The van der Waals surface area contributed by atoms with Gasteiger partial charge in [-0.3, -0.25) is 4.57 Å². The molecule has 0 aliphatic rings. The number of rotatable bonds is 3. The lowest BCUT2D eigenvalue weighted by Gasteiger charge is -2.12. The van der Waals surface area contributed by atoms with Crippen molar-refractivity contribution in [1.29, 1.82) is 0 Å². The standard InChI is InChI=1S/C34H23N3OS/c1-20-23-14-6-9-17-26(23)37(31(20)32-21(2)24-15-8-11-19-28(24)39-32)34-35-30(22-12-4-3-5-13-22)29-25-16-7-10-18-27(25)38-33(29)36-34/h3-19H,1-2H3. The molecule has 4 aromatic carbocycles. The summed E-state index contributed by atoms with van der Waals surface area (Å²) in [7, 11) is 0. The number of aryl methyl sites for hydroxylation is 2. The fourth-order valence-electron chi connectivity index (χ4n) is 5.80. The first-order chi connectivity index (χ1) is 19.2. The summed E-state index contributed by atoms with van der Waals surface area (Å²) in [6, 6.07) is 35.6. The largest absolute Gasteiger partial charge is 0.437 e. The average molecular weight is 522 g/mol. The maximum Gasteiger partial charge on any atom is 0.238 e. The van der Waals surface area contributed by atoms with Gasteiger partial charge in [0.15, 0.2) is 0 Å². The molecule has 5 heteroatoms. The predicted octanol–water partition coefficient (Wildman–Crippen LogP) is 9.49. The molecule has 0 spiro atoms. The highest BCUT2D eigenvalue weighted by atomic mass is 32.1. The van der Waals surface area contributed by atoms with E-state index in [9.17, 15) is 0 Å². The zero-order valence-electron chi connectivity index (χ0n) is 21.5. The summed E-state index contributed by atoms with van der Waals surface area (Å²) >= 11 is 1.82. The van der Waals surface area contributed by atoms with Crippen molar-refractivity contribution in [3.63, 3.8) is 0 Å². The van der Waals surface area contributed by atoms with Gasteiger partial charge in [-0.05, 0) is 48.6 Å². The van der Waals surface area contributed by atoms with Crippen LogP contribution in [0.25, 0.3) is 70.8 Å². The number of hydrogen-bond acceptors (Lipinski definition) is 4. The molecule has 4 nitrogen and oxygen atoms in total. The maximum absolute atomic E-state index is 6.35. The number of benzene rings is 4. The number of para-hydroxylation sites is 2. The van der Waals surface area contributed by atoms with Crippen LogP contribution in [-0.2, 0) is 0 Å². The monoisotopic (exact) mass is 521 g/mol. The Kier molecular flexibility index (Phi) is 4.78. The molecule has 0 saturated carbocycles. The van der Waals surface area contributed by atoms with Crippen molar-refractivity contribution < 1.29 is 4.42 Å². The number of thiophene rings is 1. The first-order valence-corrected chi connectivity index (χ1v) is 13.8. The zero-order valence-corrected chi connectivity index (χ0v) is 22.3. The lowest BCUT2D eigenvalue weighted by molar-refractivity contribution is 0.651. The van der Waals surface area contributed by atoms with Crippen molar-refractivity contribution in [2.75, 3.05) is 0 Å². The lowest BCUT2D eigenvalue weighted by atomic mass is 10.1. The average Bonchev–Trinajstić information content (AvgIpc) is 3.62. The van der Waals surface area contributed by atoms with Crippen LogP contribution in [0.3, 0.4) is 0 Å². The first-order valence-electron chi connectivity index (χ1n) is 13.0. The molecule has 0 amide bonds. The highest BCUT2D eigenvalue weighted by Gasteiger charge is 2.25. The van der Waals surface area contributed by atoms with Crippen molar-refractivity contribution in [2.45, 2.75) is 13.8 Å². The molecule has 186 valence electrons. The van der Waals surface area contributed by atoms with Gasteiger partial charge < -0.3 is 4.42 Å². The van der Waals surface area contributed by atoms with Crippen LogP contribution < -0.4 is 0 Å². The van der Waals surface area contributed by atoms with Gasteiger partial charge in [-0.25, -0.2) is 4.98 Å². The Morgan fingerprint density at radius 1 is 0.667 bits per heavy atom. The Morgan fingerprint density at radius 2 is 1.36 bits per heavy atom. The third kappa shape index (κ3) is 3.23. The Balaban J connectivity index is 1.52. The zero-order chi connectivity index (χ0) is 26.1. The summed E-state index contributed by atoms with van der Waals surface area (Å²) < 4.78 is 9.85. The molecule has 0 unspecified atom stereocenters. The normalized spacial score (nSPS) is 11.8. The molecule has 39 heavy (non-hydrogen) atoms. The smallest absolute Gasteiger partial charge is 0.238 e. The second-order valence-electron chi connectivity index (χ2n) is 9.90. The molecule has 4 aromatic heterocycles. The van der Waals surface area contributed by atoms with E-state index in [0.29, 0.717) is 11.7 Å². The molecule has 8 aromatic rings. The van der Waals surface area contributed by atoms with Crippen LogP contribution in [0.5, 0.6) is 0 Å². The van der Waals surface area contributed by atoms with Gasteiger partial charge in [0, 0.05) is 21.0 Å². The molecule has 0 aliphatic carbocycles. The molecule has 0 fully saturated rings. The number of hydrogen-bond donors (Lipinski definition) is 0. The number of nitrogens with zero attached hydrogens (tertiary/aromatic N) is 3. The fourth-order valence-corrected chi connectivity index (χ4v) is 7.10.